The molecule has 0 aliphatic heterocycles. The van der Waals surface area contributed by atoms with Gasteiger partial charge in [0.1, 0.15) is 11.3 Å². The van der Waals surface area contributed by atoms with Crippen molar-refractivity contribution in [1.29, 1.82) is 0 Å². The highest BCUT2D eigenvalue weighted by Gasteiger charge is 2.17. The van der Waals surface area contributed by atoms with E-state index in [2.05, 4.69) is 10.6 Å². The number of esters is 1. The molecule has 0 unspecified atom stereocenters. The molecule has 0 saturated carbocycles. The van der Waals surface area contributed by atoms with Crippen LogP contribution in [0.3, 0.4) is 0 Å². The van der Waals surface area contributed by atoms with Gasteiger partial charge in [0, 0.05) is 22.6 Å². The van der Waals surface area contributed by atoms with Gasteiger partial charge in [-0.2, -0.15) is 0 Å². The molecule has 3 amide bonds. The first kappa shape index (κ1) is 18.3. The molecule has 8 nitrogen and oxygen atoms in total. The van der Waals surface area contributed by atoms with Gasteiger partial charge in [-0.05, 0) is 32.9 Å². The van der Waals surface area contributed by atoms with Crippen LogP contribution in [-0.4, -0.2) is 35.2 Å². The number of carbonyl (C=O) groups is 3. The number of fused-ring (bicyclic) bond motifs is 1. The zero-order valence-electron chi connectivity index (χ0n) is 14.2. The number of carbonyl (C=O) groups excluding carboxylic acids is 3. The minimum Gasteiger partial charge on any atom is -0.508 e. The molecule has 0 fully saturated rings. The number of nitrogens with one attached hydrogen (secondary N) is 2. The van der Waals surface area contributed by atoms with Crippen molar-refractivity contribution in [3.05, 3.63) is 30.0 Å². The molecular formula is C17H20N2O6. The second-order valence-corrected chi connectivity index (χ2v) is 6.53. The lowest BCUT2D eigenvalue weighted by molar-refractivity contribution is -0.147. The number of hydrogen-bond donors (Lipinski definition) is 3. The smallest absolute Gasteiger partial charge is 0.321 e. The van der Waals surface area contributed by atoms with E-state index in [-0.39, 0.29) is 12.2 Å². The zero-order valence-corrected chi connectivity index (χ0v) is 14.2. The summed E-state index contributed by atoms with van der Waals surface area (Å²) in [5.74, 6) is -1.31. The Morgan fingerprint density at radius 2 is 1.96 bits per heavy atom. The number of urea groups is 1. The van der Waals surface area contributed by atoms with Gasteiger partial charge in [-0.25, -0.2) is 4.79 Å². The van der Waals surface area contributed by atoms with Crippen molar-refractivity contribution in [3.8, 4) is 5.75 Å². The van der Waals surface area contributed by atoms with Gasteiger partial charge in [0.25, 0.3) is 5.91 Å². The SMILES string of the molecule is CC(C)(C)NC(=O)NC(=O)COC(=O)Cc1coc2cc(O)ccc12. The fourth-order valence-corrected chi connectivity index (χ4v) is 2.10. The molecule has 0 aliphatic rings. The van der Waals surface area contributed by atoms with Crippen LogP contribution in [0.25, 0.3) is 11.0 Å². The average molecular weight is 348 g/mol. The quantitative estimate of drug-likeness (QED) is 0.726. The van der Waals surface area contributed by atoms with Crippen molar-refractivity contribution in [2.24, 2.45) is 0 Å². The third-order valence-corrected chi connectivity index (χ3v) is 3.08. The molecule has 1 aromatic heterocycles. The van der Waals surface area contributed by atoms with E-state index in [9.17, 15) is 19.5 Å². The van der Waals surface area contributed by atoms with Gasteiger partial charge in [0.05, 0.1) is 12.7 Å². The lowest BCUT2D eigenvalue weighted by Gasteiger charge is -2.20. The largest absolute Gasteiger partial charge is 0.508 e. The molecule has 0 bridgehead atoms. The summed E-state index contributed by atoms with van der Waals surface area (Å²) >= 11 is 0. The van der Waals surface area contributed by atoms with Gasteiger partial charge in [0.2, 0.25) is 0 Å². The fraction of sp³-hybridized carbons (Fsp3) is 0.353. The number of phenolic OH excluding ortho intramolecular Hbond substituents is 1. The first-order chi connectivity index (χ1) is 11.6. The third kappa shape index (κ3) is 5.52. The molecule has 0 radical (unpaired) electrons. The number of phenols is 1. The van der Waals surface area contributed by atoms with Crippen molar-refractivity contribution in [1.82, 2.24) is 10.6 Å². The van der Waals surface area contributed by atoms with Crippen LogP contribution in [0.2, 0.25) is 0 Å². The molecule has 25 heavy (non-hydrogen) atoms. The van der Waals surface area contributed by atoms with Crippen molar-refractivity contribution < 1.29 is 28.6 Å². The van der Waals surface area contributed by atoms with Crippen LogP contribution in [0.4, 0.5) is 4.79 Å². The molecule has 134 valence electrons. The third-order valence-electron chi connectivity index (χ3n) is 3.08. The molecule has 2 aromatic rings. The van der Waals surface area contributed by atoms with Gasteiger partial charge >= 0.3 is 12.0 Å². The summed E-state index contributed by atoms with van der Waals surface area (Å²) in [7, 11) is 0. The van der Waals surface area contributed by atoms with E-state index in [1.807, 2.05) is 0 Å². The number of aromatic hydroxyl groups is 1. The summed E-state index contributed by atoms with van der Waals surface area (Å²) in [6, 6.07) is 3.88. The molecule has 2 rings (SSSR count). The Morgan fingerprint density at radius 3 is 2.64 bits per heavy atom. The molecule has 0 saturated heterocycles. The summed E-state index contributed by atoms with van der Waals surface area (Å²) in [6.45, 7) is 4.75. The molecule has 0 spiro atoms. The van der Waals surface area contributed by atoms with Crippen LogP contribution in [0.5, 0.6) is 5.75 Å². The van der Waals surface area contributed by atoms with E-state index in [0.717, 1.165) is 0 Å². The number of imide groups is 1. The highest BCUT2D eigenvalue weighted by molar-refractivity contribution is 5.96. The highest BCUT2D eigenvalue weighted by atomic mass is 16.5. The van der Waals surface area contributed by atoms with Crippen LogP contribution in [0.15, 0.2) is 28.9 Å². The lowest BCUT2D eigenvalue weighted by atomic mass is 10.1. The molecule has 0 aliphatic carbocycles. The van der Waals surface area contributed by atoms with Gasteiger partial charge in [-0.15, -0.1) is 0 Å². The molecule has 1 aromatic carbocycles. The second-order valence-electron chi connectivity index (χ2n) is 6.53. The van der Waals surface area contributed by atoms with Gasteiger partial charge in [-0.1, -0.05) is 0 Å². The van der Waals surface area contributed by atoms with E-state index in [1.54, 1.807) is 26.8 Å². The number of benzene rings is 1. The van der Waals surface area contributed by atoms with E-state index >= 15 is 0 Å². The van der Waals surface area contributed by atoms with E-state index in [1.165, 1.54) is 18.4 Å². The van der Waals surface area contributed by atoms with E-state index in [4.69, 9.17) is 9.15 Å². The maximum absolute atomic E-state index is 11.8. The van der Waals surface area contributed by atoms with Crippen LogP contribution >= 0.6 is 0 Å². The standard InChI is InChI=1S/C17H20N2O6/c1-17(2,3)19-16(23)18-14(21)9-25-15(22)6-10-8-24-13-7-11(20)4-5-12(10)13/h4-5,7-8,20H,6,9H2,1-3H3,(H2,18,19,21,23). The molecule has 3 N–H and O–H groups in total. The minimum absolute atomic E-state index is 0.0566. The van der Waals surface area contributed by atoms with E-state index in [0.29, 0.717) is 16.5 Å². The predicted molar refractivity (Wildman–Crippen MR) is 89.0 cm³/mol. The fourth-order valence-electron chi connectivity index (χ4n) is 2.10. The van der Waals surface area contributed by atoms with Crippen LogP contribution in [-0.2, 0) is 20.7 Å². The normalized spacial score (nSPS) is 11.2. The number of hydrogen-bond acceptors (Lipinski definition) is 6. The lowest BCUT2D eigenvalue weighted by Crippen LogP contribution is -2.49. The van der Waals surface area contributed by atoms with Crippen molar-refractivity contribution in [2.45, 2.75) is 32.7 Å². The molecular weight excluding hydrogens is 328 g/mol. The minimum atomic E-state index is -0.725. The summed E-state index contributed by atoms with van der Waals surface area (Å²) in [5, 5.41) is 14.7. The maximum atomic E-state index is 11.8. The van der Waals surface area contributed by atoms with Crippen LogP contribution < -0.4 is 10.6 Å². The van der Waals surface area contributed by atoms with Crippen molar-refractivity contribution in [2.75, 3.05) is 6.61 Å². The molecule has 0 atom stereocenters. The second kappa shape index (κ2) is 7.25. The Morgan fingerprint density at radius 1 is 1.24 bits per heavy atom. The average Bonchev–Trinajstić information content (AvgIpc) is 2.85. The Bertz CT molecular complexity index is 803. The first-order valence-corrected chi connectivity index (χ1v) is 7.61. The summed E-state index contributed by atoms with van der Waals surface area (Å²) in [5.41, 5.74) is 0.530. The molecule has 8 heteroatoms. The Balaban J connectivity index is 1.84. The number of rotatable bonds is 4. The maximum Gasteiger partial charge on any atom is 0.321 e. The van der Waals surface area contributed by atoms with Crippen molar-refractivity contribution in [3.63, 3.8) is 0 Å². The van der Waals surface area contributed by atoms with Gasteiger partial charge < -0.3 is 19.6 Å². The first-order valence-electron chi connectivity index (χ1n) is 7.61. The number of ether oxygens (including phenoxy) is 1. The Labute approximate surface area is 144 Å². The number of amides is 3. The topological polar surface area (TPSA) is 118 Å². The zero-order chi connectivity index (χ0) is 18.6. The monoisotopic (exact) mass is 348 g/mol. The van der Waals surface area contributed by atoms with Gasteiger partial charge in [-0.3, -0.25) is 14.9 Å². The molecule has 1 heterocycles. The Hall–Kier alpha value is -3.03. The summed E-state index contributed by atoms with van der Waals surface area (Å²) in [4.78, 5) is 35.0. The summed E-state index contributed by atoms with van der Waals surface area (Å²) in [6.07, 6.45) is 1.29. The van der Waals surface area contributed by atoms with Gasteiger partial charge in [0.15, 0.2) is 6.61 Å². The highest BCUT2D eigenvalue weighted by Crippen LogP contribution is 2.25. The van der Waals surface area contributed by atoms with E-state index < -0.39 is 30.1 Å². The van der Waals surface area contributed by atoms with Crippen molar-refractivity contribution >= 4 is 28.9 Å². The summed E-state index contributed by atoms with van der Waals surface area (Å²) < 4.78 is 10.1. The predicted octanol–water partition coefficient (Wildman–Crippen LogP) is 1.85. The number of furan rings is 1. The Kier molecular flexibility index (Phi) is 5.31. The van der Waals surface area contributed by atoms with Crippen LogP contribution in [0, 0.1) is 0 Å². The van der Waals surface area contributed by atoms with Crippen LogP contribution in [0.1, 0.15) is 26.3 Å².